The van der Waals surface area contributed by atoms with Crippen LogP contribution >= 0.6 is 11.6 Å². The number of amides is 1. The minimum Gasteiger partial charge on any atom is -0.396 e. The fourth-order valence-electron chi connectivity index (χ4n) is 2.48. The Hall–Kier alpha value is -1.10. The average molecular weight is 297 g/mol. The highest BCUT2D eigenvalue weighted by Gasteiger charge is 2.24. The zero-order valence-corrected chi connectivity index (χ0v) is 12.3. The van der Waals surface area contributed by atoms with Gasteiger partial charge in [-0.2, -0.15) is 0 Å². The van der Waals surface area contributed by atoms with Gasteiger partial charge < -0.3 is 15.3 Å². The summed E-state index contributed by atoms with van der Waals surface area (Å²) in [4.78, 5) is 14.2. The standard InChI is InChI=1S/C15H21ClN2O2/c16-14-5-2-1-4-13(14)15(20)18-9-6-12(7-10-18)17-8-3-11-19/h1-2,4-5,12,17,19H,3,6-11H2. The van der Waals surface area contributed by atoms with Crippen LogP contribution < -0.4 is 5.32 Å². The molecule has 2 N–H and O–H groups in total. The summed E-state index contributed by atoms with van der Waals surface area (Å²) < 4.78 is 0. The van der Waals surface area contributed by atoms with Gasteiger partial charge in [-0.1, -0.05) is 23.7 Å². The van der Waals surface area contributed by atoms with Crippen LogP contribution in [0.5, 0.6) is 0 Å². The number of hydrogen-bond donors (Lipinski definition) is 2. The molecule has 1 fully saturated rings. The Morgan fingerprint density at radius 2 is 2.05 bits per heavy atom. The Morgan fingerprint density at radius 1 is 1.35 bits per heavy atom. The molecule has 20 heavy (non-hydrogen) atoms. The number of nitrogens with zero attached hydrogens (tertiary/aromatic N) is 1. The van der Waals surface area contributed by atoms with Crippen LogP contribution in [0.25, 0.3) is 0 Å². The number of carbonyl (C=O) groups is 1. The van der Waals surface area contributed by atoms with E-state index in [1.54, 1.807) is 12.1 Å². The molecule has 0 aromatic heterocycles. The van der Waals surface area contributed by atoms with Crippen LogP contribution in [0.3, 0.4) is 0 Å². The van der Waals surface area contributed by atoms with Gasteiger partial charge in [-0.3, -0.25) is 4.79 Å². The molecule has 1 saturated heterocycles. The van der Waals surface area contributed by atoms with Gasteiger partial charge in [0, 0.05) is 25.7 Å². The molecule has 0 radical (unpaired) electrons. The van der Waals surface area contributed by atoms with E-state index in [0.29, 0.717) is 16.6 Å². The van der Waals surface area contributed by atoms with Crippen molar-refractivity contribution in [3.05, 3.63) is 34.9 Å². The van der Waals surface area contributed by atoms with Gasteiger partial charge in [-0.25, -0.2) is 0 Å². The molecule has 1 aliphatic heterocycles. The molecule has 1 aromatic carbocycles. The maximum Gasteiger partial charge on any atom is 0.255 e. The zero-order valence-electron chi connectivity index (χ0n) is 11.5. The molecule has 110 valence electrons. The minimum absolute atomic E-state index is 0.0180. The third kappa shape index (κ3) is 3.95. The Kier molecular flexibility index (Phi) is 5.83. The lowest BCUT2D eigenvalue weighted by Crippen LogP contribution is -2.45. The average Bonchev–Trinajstić information content (AvgIpc) is 2.48. The SMILES string of the molecule is O=C(c1ccccc1Cl)N1CCC(NCCCO)CC1. The van der Waals surface area contributed by atoms with Gasteiger partial charge in [-0.05, 0) is 37.9 Å². The van der Waals surface area contributed by atoms with Crippen molar-refractivity contribution < 1.29 is 9.90 Å². The van der Waals surface area contributed by atoms with E-state index in [0.717, 1.165) is 38.9 Å². The van der Waals surface area contributed by atoms with E-state index in [2.05, 4.69) is 5.32 Å². The third-order valence-electron chi connectivity index (χ3n) is 3.65. The number of rotatable bonds is 5. The van der Waals surface area contributed by atoms with Crippen LogP contribution in [0.2, 0.25) is 5.02 Å². The number of piperidine rings is 1. The highest BCUT2D eigenvalue weighted by Crippen LogP contribution is 2.19. The van der Waals surface area contributed by atoms with Crippen LogP contribution in [-0.2, 0) is 0 Å². The first kappa shape index (κ1) is 15.3. The van der Waals surface area contributed by atoms with E-state index in [1.807, 2.05) is 17.0 Å². The quantitative estimate of drug-likeness (QED) is 0.816. The molecule has 0 saturated carbocycles. The first-order valence-electron chi connectivity index (χ1n) is 7.10. The molecule has 1 amide bonds. The Morgan fingerprint density at radius 3 is 2.70 bits per heavy atom. The van der Waals surface area contributed by atoms with Crippen molar-refractivity contribution in [1.82, 2.24) is 10.2 Å². The predicted molar refractivity (Wildman–Crippen MR) is 80.1 cm³/mol. The number of aliphatic hydroxyl groups excluding tert-OH is 1. The molecule has 0 bridgehead atoms. The molecule has 5 heteroatoms. The molecule has 0 atom stereocenters. The maximum absolute atomic E-state index is 12.4. The number of likely N-dealkylation sites (tertiary alicyclic amines) is 1. The van der Waals surface area contributed by atoms with Crippen molar-refractivity contribution in [2.24, 2.45) is 0 Å². The summed E-state index contributed by atoms with van der Waals surface area (Å²) in [6.45, 7) is 2.55. The van der Waals surface area contributed by atoms with E-state index in [9.17, 15) is 4.79 Å². The summed E-state index contributed by atoms with van der Waals surface area (Å²) in [6.07, 6.45) is 2.67. The van der Waals surface area contributed by atoms with Gasteiger partial charge in [0.25, 0.3) is 5.91 Å². The lowest BCUT2D eigenvalue weighted by Gasteiger charge is -2.32. The molecule has 2 rings (SSSR count). The Bertz CT molecular complexity index is 445. The second kappa shape index (κ2) is 7.62. The molecule has 1 aliphatic rings. The van der Waals surface area contributed by atoms with Gasteiger partial charge >= 0.3 is 0 Å². The van der Waals surface area contributed by atoms with E-state index < -0.39 is 0 Å². The van der Waals surface area contributed by atoms with Crippen LogP contribution in [0.4, 0.5) is 0 Å². The number of hydrogen-bond acceptors (Lipinski definition) is 3. The van der Waals surface area contributed by atoms with Gasteiger partial charge in [0.05, 0.1) is 10.6 Å². The maximum atomic E-state index is 12.4. The van der Waals surface area contributed by atoms with Gasteiger partial charge in [-0.15, -0.1) is 0 Å². The van der Waals surface area contributed by atoms with Crippen molar-refractivity contribution in [2.45, 2.75) is 25.3 Å². The summed E-state index contributed by atoms with van der Waals surface area (Å²) in [7, 11) is 0. The fourth-order valence-corrected chi connectivity index (χ4v) is 2.69. The van der Waals surface area contributed by atoms with Gasteiger partial charge in [0.1, 0.15) is 0 Å². The van der Waals surface area contributed by atoms with Crippen molar-refractivity contribution >= 4 is 17.5 Å². The highest BCUT2D eigenvalue weighted by atomic mass is 35.5. The van der Waals surface area contributed by atoms with Gasteiger partial charge in [0.2, 0.25) is 0 Å². The molecule has 0 spiro atoms. The molecular formula is C15H21ClN2O2. The Balaban J connectivity index is 1.85. The summed E-state index contributed by atoms with van der Waals surface area (Å²) in [5, 5.41) is 12.7. The van der Waals surface area contributed by atoms with E-state index in [4.69, 9.17) is 16.7 Å². The zero-order chi connectivity index (χ0) is 14.4. The smallest absolute Gasteiger partial charge is 0.255 e. The Labute approximate surface area is 124 Å². The monoisotopic (exact) mass is 296 g/mol. The summed E-state index contributed by atoms with van der Waals surface area (Å²) >= 11 is 6.07. The molecule has 4 nitrogen and oxygen atoms in total. The second-order valence-corrected chi connectivity index (χ2v) is 5.48. The fraction of sp³-hybridized carbons (Fsp3) is 0.533. The van der Waals surface area contributed by atoms with E-state index >= 15 is 0 Å². The normalized spacial score (nSPS) is 16.4. The minimum atomic E-state index is 0.0180. The molecular weight excluding hydrogens is 276 g/mol. The van der Waals surface area contributed by atoms with Crippen molar-refractivity contribution in [3.8, 4) is 0 Å². The molecule has 0 aliphatic carbocycles. The number of halogens is 1. The lowest BCUT2D eigenvalue weighted by atomic mass is 10.0. The number of nitrogens with one attached hydrogen (secondary N) is 1. The number of carbonyl (C=O) groups excluding carboxylic acids is 1. The third-order valence-corrected chi connectivity index (χ3v) is 3.98. The van der Waals surface area contributed by atoms with Crippen LogP contribution in [0.1, 0.15) is 29.6 Å². The van der Waals surface area contributed by atoms with Crippen LogP contribution in [0.15, 0.2) is 24.3 Å². The molecule has 0 unspecified atom stereocenters. The molecule has 1 heterocycles. The summed E-state index contributed by atoms with van der Waals surface area (Å²) in [5.41, 5.74) is 0.584. The number of aliphatic hydroxyl groups is 1. The van der Waals surface area contributed by atoms with Crippen molar-refractivity contribution in [2.75, 3.05) is 26.2 Å². The largest absolute Gasteiger partial charge is 0.396 e. The lowest BCUT2D eigenvalue weighted by molar-refractivity contribution is 0.0705. The highest BCUT2D eigenvalue weighted by molar-refractivity contribution is 6.33. The predicted octanol–water partition coefficient (Wildman–Crippen LogP) is 1.92. The van der Waals surface area contributed by atoms with Crippen LogP contribution in [-0.4, -0.2) is 48.2 Å². The first-order valence-corrected chi connectivity index (χ1v) is 7.48. The van der Waals surface area contributed by atoms with Crippen molar-refractivity contribution in [1.29, 1.82) is 0 Å². The molecule has 1 aromatic rings. The first-order chi connectivity index (χ1) is 9.72. The van der Waals surface area contributed by atoms with Crippen LogP contribution in [0, 0.1) is 0 Å². The second-order valence-electron chi connectivity index (χ2n) is 5.08. The summed E-state index contributed by atoms with van der Waals surface area (Å²) in [5.74, 6) is 0.0180. The summed E-state index contributed by atoms with van der Waals surface area (Å²) in [6, 6.07) is 7.63. The van der Waals surface area contributed by atoms with Crippen molar-refractivity contribution in [3.63, 3.8) is 0 Å². The topological polar surface area (TPSA) is 52.6 Å². The van der Waals surface area contributed by atoms with E-state index in [1.165, 1.54) is 0 Å². The number of benzene rings is 1. The van der Waals surface area contributed by atoms with Gasteiger partial charge in [0.15, 0.2) is 0 Å². The van der Waals surface area contributed by atoms with E-state index in [-0.39, 0.29) is 12.5 Å².